The van der Waals surface area contributed by atoms with Crippen LogP contribution < -0.4 is 5.43 Å². The summed E-state index contributed by atoms with van der Waals surface area (Å²) >= 11 is 3.29. The number of nitrogens with zero attached hydrogens (tertiary/aromatic N) is 2. The molecule has 0 fully saturated rings. The van der Waals surface area contributed by atoms with Crippen LogP contribution in [-0.4, -0.2) is 15.6 Å². The smallest absolute Gasteiger partial charge is 0.267 e. The average molecular weight is 294 g/mol. The number of aryl methyl sites for hydroxylation is 2. The molecule has 1 N–H and O–H groups in total. The van der Waals surface area contributed by atoms with Crippen LogP contribution >= 0.6 is 15.9 Å². The zero-order chi connectivity index (χ0) is 12.4. The van der Waals surface area contributed by atoms with Gasteiger partial charge >= 0.3 is 0 Å². The number of rotatable bonds is 2. The predicted octanol–water partition coefficient (Wildman–Crippen LogP) is 2.65. The van der Waals surface area contributed by atoms with Gasteiger partial charge in [-0.2, -0.15) is 0 Å². The van der Waals surface area contributed by atoms with Gasteiger partial charge in [-0.1, -0.05) is 0 Å². The number of carbonyl (C=O) groups excluding carboxylic acids is 1. The third-order valence-corrected chi connectivity index (χ3v) is 2.89. The van der Waals surface area contributed by atoms with Crippen LogP contribution in [-0.2, 0) is 0 Å². The van der Waals surface area contributed by atoms with Crippen LogP contribution in [0, 0.1) is 13.8 Å². The Balaban J connectivity index is 2.23. The molecule has 0 aliphatic carbocycles. The number of amides is 1. The summed E-state index contributed by atoms with van der Waals surface area (Å²) in [5, 5.41) is 0. The quantitative estimate of drug-likeness (QED) is 0.925. The Hall–Kier alpha value is -1.62. The van der Waals surface area contributed by atoms with Gasteiger partial charge in [0.2, 0.25) is 0 Å². The third-order valence-electron chi connectivity index (χ3n) is 2.45. The van der Waals surface area contributed by atoms with Crippen LogP contribution in [0.5, 0.6) is 0 Å². The third kappa shape index (κ3) is 2.55. The van der Waals surface area contributed by atoms with E-state index in [9.17, 15) is 4.79 Å². The fraction of sp³-hybridized carbons (Fsp3) is 0.167. The van der Waals surface area contributed by atoms with Crippen LogP contribution in [0.25, 0.3) is 0 Å². The number of halogens is 1. The van der Waals surface area contributed by atoms with Crippen molar-refractivity contribution in [2.75, 3.05) is 5.43 Å². The Morgan fingerprint density at radius 1 is 1.29 bits per heavy atom. The standard InChI is InChI=1S/C12H12BrN3O/c1-8-3-4-9(2)16(8)15-12(17)10-5-11(13)7-14-6-10/h3-7H,1-2H3,(H,15,17). The molecule has 4 nitrogen and oxygen atoms in total. The van der Waals surface area contributed by atoms with Crippen molar-refractivity contribution in [3.8, 4) is 0 Å². The summed E-state index contributed by atoms with van der Waals surface area (Å²) in [6.45, 7) is 3.87. The monoisotopic (exact) mass is 293 g/mol. The first-order valence-electron chi connectivity index (χ1n) is 5.15. The van der Waals surface area contributed by atoms with Crippen molar-refractivity contribution in [1.82, 2.24) is 9.66 Å². The van der Waals surface area contributed by atoms with Gasteiger partial charge in [0, 0.05) is 28.3 Å². The largest absolute Gasteiger partial charge is 0.271 e. The molecule has 88 valence electrons. The lowest BCUT2D eigenvalue weighted by Crippen LogP contribution is -2.24. The summed E-state index contributed by atoms with van der Waals surface area (Å²) in [4.78, 5) is 15.9. The Labute approximate surface area is 108 Å². The molecule has 0 bridgehead atoms. The Morgan fingerprint density at radius 2 is 1.94 bits per heavy atom. The van der Waals surface area contributed by atoms with Crippen LogP contribution in [0.3, 0.4) is 0 Å². The molecule has 0 saturated heterocycles. The number of hydrogen-bond donors (Lipinski definition) is 1. The van der Waals surface area contributed by atoms with Crippen molar-refractivity contribution in [2.45, 2.75) is 13.8 Å². The van der Waals surface area contributed by atoms with Crippen molar-refractivity contribution in [2.24, 2.45) is 0 Å². The molecule has 0 aliphatic rings. The van der Waals surface area contributed by atoms with Gasteiger partial charge in [-0.15, -0.1) is 0 Å². The SMILES string of the molecule is Cc1ccc(C)n1NC(=O)c1cncc(Br)c1. The van der Waals surface area contributed by atoms with Crippen LogP contribution in [0.15, 0.2) is 35.1 Å². The van der Waals surface area contributed by atoms with Crippen LogP contribution in [0.1, 0.15) is 21.7 Å². The number of carbonyl (C=O) groups is 1. The fourth-order valence-electron chi connectivity index (χ4n) is 1.55. The minimum atomic E-state index is -0.179. The molecule has 5 heteroatoms. The van der Waals surface area contributed by atoms with E-state index in [1.54, 1.807) is 16.9 Å². The fourth-order valence-corrected chi connectivity index (χ4v) is 1.91. The topological polar surface area (TPSA) is 46.9 Å². The molecule has 2 rings (SSSR count). The molecule has 17 heavy (non-hydrogen) atoms. The highest BCUT2D eigenvalue weighted by Crippen LogP contribution is 2.10. The maximum Gasteiger partial charge on any atom is 0.271 e. The van der Waals surface area contributed by atoms with Crippen molar-refractivity contribution >= 4 is 21.8 Å². The first-order valence-corrected chi connectivity index (χ1v) is 5.94. The zero-order valence-electron chi connectivity index (χ0n) is 9.57. The lowest BCUT2D eigenvalue weighted by molar-refractivity contribution is 0.101. The van der Waals surface area contributed by atoms with Gasteiger partial charge in [0.1, 0.15) is 0 Å². The lowest BCUT2D eigenvalue weighted by Gasteiger charge is -2.11. The molecule has 0 saturated carbocycles. The van der Waals surface area contributed by atoms with Gasteiger partial charge in [-0.25, -0.2) is 0 Å². The molecule has 1 amide bonds. The van der Waals surface area contributed by atoms with Gasteiger partial charge < -0.3 is 0 Å². The second-order valence-electron chi connectivity index (χ2n) is 3.78. The molecule has 0 unspecified atom stereocenters. The van der Waals surface area contributed by atoms with Gasteiger partial charge in [-0.05, 0) is 48.0 Å². The lowest BCUT2D eigenvalue weighted by atomic mass is 10.3. The maximum atomic E-state index is 12.0. The molecule has 0 spiro atoms. The highest BCUT2D eigenvalue weighted by Gasteiger charge is 2.09. The Kier molecular flexibility index (Phi) is 3.28. The summed E-state index contributed by atoms with van der Waals surface area (Å²) < 4.78 is 2.54. The minimum absolute atomic E-state index is 0.179. The second-order valence-corrected chi connectivity index (χ2v) is 4.70. The molecular weight excluding hydrogens is 282 g/mol. The van der Waals surface area contributed by atoms with E-state index in [0.717, 1.165) is 15.9 Å². The van der Waals surface area contributed by atoms with Gasteiger partial charge in [0.15, 0.2) is 0 Å². The van der Waals surface area contributed by atoms with E-state index in [2.05, 4.69) is 26.3 Å². The number of hydrogen-bond acceptors (Lipinski definition) is 2. The minimum Gasteiger partial charge on any atom is -0.267 e. The first kappa shape index (κ1) is 11.9. The number of nitrogens with one attached hydrogen (secondary N) is 1. The predicted molar refractivity (Wildman–Crippen MR) is 69.5 cm³/mol. The second kappa shape index (κ2) is 4.71. The van der Waals surface area contributed by atoms with Crippen molar-refractivity contribution in [3.05, 3.63) is 52.0 Å². The molecule has 0 aliphatic heterocycles. The summed E-state index contributed by atoms with van der Waals surface area (Å²) in [5.41, 5.74) is 5.31. The van der Waals surface area contributed by atoms with Gasteiger partial charge in [-0.3, -0.25) is 19.9 Å². The van der Waals surface area contributed by atoms with E-state index < -0.39 is 0 Å². The molecule has 0 aromatic carbocycles. The van der Waals surface area contributed by atoms with Gasteiger partial charge in [0.25, 0.3) is 5.91 Å². The average Bonchev–Trinajstić information content (AvgIpc) is 2.61. The molecule has 2 aromatic rings. The van der Waals surface area contributed by atoms with E-state index in [0.29, 0.717) is 5.56 Å². The summed E-state index contributed by atoms with van der Waals surface area (Å²) in [7, 11) is 0. The van der Waals surface area contributed by atoms with Crippen molar-refractivity contribution in [1.29, 1.82) is 0 Å². The highest BCUT2D eigenvalue weighted by atomic mass is 79.9. The molecular formula is C12H12BrN3O. The molecule has 2 aromatic heterocycles. The summed E-state index contributed by atoms with van der Waals surface area (Å²) in [6, 6.07) is 5.64. The van der Waals surface area contributed by atoms with E-state index in [1.807, 2.05) is 26.0 Å². The molecule has 0 atom stereocenters. The normalized spacial score (nSPS) is 10.3. The summed E-state index contributed by atoms with van der Waals surface area (Å²) in [5.74, 6) is -0.179. The van der Waals surface area contributed by atoms with E-state index in [4.69, 9.17) is 0 Å². The molecule has 2 heterocycles. The number of aromatic nitrogens is 2. The molecule has 0 radical (unpaired) electrons. The maximum absolute atomic E-state index is 12.0. The van der Waals surface area contributed by atoms with Crippen molar-refractivity contribution in [3.63, 3.8) is 0 Å². The van der Waals surface area contributed by atoms with Crippen LogP contribution in [0.4, 0.5) is 0 Å². The first-order chi connectivity index (χ1) is 8.08. The van der Waals surface area contributed by atoms with Gasteiger partial charge in [0.05, 0.1) is 5.56 Å². The Bertz CT molecular complexity index is 543. The summed E-state index contributed by atoms with van der Waals surface area (Å²) in [6.07, 6.45) is 3.18. The Morgan fingerprint density at radius 3 is 2.53 bits per heavy atom. The zero-order valence-corrected chi connectivity index (χ0v) is 11.2. The highest BCUT2D eigenvalue weighted by molar-refractivity contribution is 9.10. The van der Waals surface area contributed by atoms with E-state index in [1.165, 1.54) is 6.20 Å². The number of pyridine rings is 1. The van der Waals surface area contributed by atoms with E-state index in [-0.39, 0.29) is 5.91 Å². The van der Waals surface area contributed by atoms with Crippen LogP contribution in [0.2, 0.25) is 0 Å². The van der Waals surface area contributed by atoms with E-state index >= 15 is 0 Å². The van der Waals surface area contributed by atoms with Crippen molar-refractivity contribution < 1.29 is 4.79 Å².